The number of aryl methyl sites for hydroxylation is 1. The van der Waals surface area contributed by atoms with Crippen LogP contribution in [0.25, 0.3) is 0 Å². The Bertz CT molecular complexity index is 599. The summed E-state index contributed by atoms with van der Waals surface area (Å²) in [6.45, 7) is 2.27. The number of aromatic nitrogens is 2. The zero-order valence-electron chi connectivity index (χ0n) is 10.2. The summed E-state index contributed by atoms with van der Waals surface area (Å²) in [5.74, 6) is -0.738. The maximum absolute atomic E-state index is 10.9. The number of aromatic carboxylic acids is 1. The van der Waals surface area contributed by atoms with E-state index in [1.807, 2.05) is 24.3 Å². The van der Waals surface area contributed by atoms with Crippen LogP contribution in [0.1, 0.15) is 21.7 Å². The van der Waals surface area contributed by atoms with Gasteiger partial charge in [-0.05, 0) is 30.7 Å². The molecule has 98 valence electrons. The van der Waals surface area contributed by atoms with E-state index in [0.29, 0.717) is 18.2 Å². The second-order valence-electron chi connectivity index (χ2n) is 4.00. The smallest absolute Gasteiger partial charge is 0.354 e. The monoisotopic (exact) mass is 321 g/mol. The van der Waals surface area contributed by atoms with Gasteiger partial charge in [0.05, 0.1) is 0 Å². The molecule has 1 aromatic heterocycles. The first-order valence-corrected chi connectivity index (χ1v) is 6.41. The summed E-state index contributed by atoms with van der Waals surface area (Å²) < 4.78 is 1.01. The SMILES string of the molecule is Cc1cc(C(=O)O)nc(NCc2ccc(Br)cc2)n1. The van der Waals surface area contributed by atoms with Crippen molar-refractivity contribution >= 4 is 27.8 Å². The predicted octanol–water partition coefficient (Wildman–Crippen LogP) is 2.86. The lowest BCUT2D eigenvalue weighted by molar-refractivity contribution is 0.0690. The Hall–Kier alpha value is -1.95. The van der Waals surface area contributed by atoms with Gasteiger partial charge >= 0.3 is 5.97 Å². The van der Waals surface area contributed by atoms with Crippen molar-refractivity contribution in [3.05, 3.63) is 51.8 Å². The van der Waals surface area contributed by atoms with Crippen molar-refractivity contribution in [1.29, 1.82) is 0 Å². The van der Waals surface area contributed by atoms with Crippen LogP contribution in [-0.4, -0.2) is 21.0 Å². The molecule has 0 radical (unpaired) electrons. The van der Waals surface area contributed by atoms with Crippen LogP contribution in [0.4, 0.5) is 5.95 Å². The molecule has 0 unspecified atom stereocenters. The lowest BCUT2D eigenvalue weighted by Gasteiger charge is -2.06. The van der Waals surface area contributed by atoms with Crippen LogP contribution >= 0.6 is 15.9 Å². The zero-order chi connectivity index (χ0) is 13.8. The summed E-state index contributed by atoms with van der Waals surface area (Å²) in [7, 11) is 0. The Morgan fingerprint density at radius 3 is 2.63 bits per heavy atom. The third-order valence-corrected chi connectivity index (χ3v) is 2.97. The molecule has 2 N–H and O–H groups in total. The molecule has 0 spiro atoms. The van der Waals surface area contributed by atoms with E-state index in [2.05, 4.69) is 31.2 Å². The van der Waals surface area contributed by atoms with Gasteiger partial charge in [-0.1, -0.05) is 28.1 Å². The van der Waals surface area contributed by atoms with Crippen molar-refractivity contribution in [2.45, 2.75) is 13.5 Å². The van der Waals surface area contributed by atoms with Gasteiger partial charge in [0.1, 0.15) is 0 Å². The highest BCUT2D eigenvalue weighted by Crippen LogP contribution is 2.12. The zero-order valence-corrected chi connectivity index (χ0v) is 11.8. The highest BCUT2D eigenvalue weighted by Gasteiger charge is 2.08. The van der Waals surface area contributed by atoms with E-state index in [1.54, 1.807) is 6.92 Å². The van der Waals surface area contributed by atoms with Gasteiger partial charge in [0.25, 0.3) is 0 Å². The Balaban J connectivity index is 2.11. The van der Waals surface area contributed by atoms with Gasteiger partial charge in [-0.15, -0.1) is 0 Å². The number of nitrogens with zero attached hydrogens (tertiary/aromatic N) is 2. The van der Waals surface area contributed by atoms with Crippen LogP contribution in [0.3, 0.4) is 0 Å². The van der Waals surface area contributed by atoms with Gasteiger partial charge in [0.2, 0.25) is 5.95 Å². The largest absolute Gasteiger partial charge is 0.477 e. The van der Waals surface area contributed by atoms with Crippen molar-refractivity contribution in [2.24, 2.45) is 0 Å². The molecule has 0 aliphatic rings. The molecule has 0 atom stereocenters. The topological polar surface area (TPSA) is 75.1 Å². The summed E-state index contributed by atoms with van der Waals surface area (Å²) in [5, 5.41) is 11.9. The summed E-state index contributed by atoms with van der Waals surface area (Å²) in [4.78, 5) is 19.0. The second kappa shape index (κ2) is 5.79. The summed E-state index contributed by atoms with van der Waals surface area (Å²) in [6, 6.07) is 9.25. The number of rotatable bonds is 4. The highest BCUT2D eigenvalue weighted by molar-refractivity contribution is 9.10. The minimum absolute atomic E-state index is 0.00851. The third-order valence-electron chi connectivity index (χ3n) is 2.44. The molecule has 0 aliphatic heterocycles. The fourth-order valence-corrected chi connectivity index (χ4v) is 1.80. The summed E-state index contributed by atoms with van der Waals surface area (Å²) in [5.41, 5.74) is 1.67. The van der Waals surface area contributed by atoms with Gasteiger partial charge in [0, 0.05) is 16.7 Å². The van der Waals surface area contributed by atoms with Crippen molar-refractivity contribution in [3.8, 4) is 0 Å². The van der Waals surface area contributed by atoms with E-state index >= 15 is 0 Å². The molecule has 0 saturated carbocycles. The van der Waals surface area contributed by atoms with Crippen LogP contribution < -0.4 is 5.32 Å². The first kappa shape index (κ1) is 13.5. The molecular formula is C13H12BrN3O2. The minimum atomic E-state index is -1.06. The van der Waals surface area contributed by atoms with Crippen LogP contribution in [0.5, 0.6) is 0 Å². The molecule has 0 fully saturated rings. The molecule has 19 heavy (non-hydrogen) atoms. The average molecular weight is 322 g/mol. The number of benzene rings is 1. The van der Waals surface area contributed by atoms with E-state index in [-0.39, 0.29) is 5.69 Å². The minimum Gasteiger partial charge on any atom is -0.477 e. The second-order valence-corrected chi connectivity index (χ2v) is 4.92. The van der Waals surface area contributed by atoms with Crippen molar-refractivity contribution in [3.63, 3.8) is 0 Å². The van der Waals surface area contributed by atoms with Crippen LogP contribution in [0.2, 0.25) is 0 Å². The lowest BCUT2D eigenvalue weighted by atomic mass is 10.2. The molecule has 1 aromatic carbocycles. The molecule has 6 heteroatoms. The average Bonchev–Trinajstić information content (AvgIpc) is 2.37. The van der Waals surface area contributed by atoms with Crippen LogP contribution in [0.15, 0.2) is 34.8 Å². The van der Waals surface area contributed by atoms with Gasteiger partial charge in [-0.25, -0.2) is 14.8 Å². The van der Waals surface area contributed by atoms with Crippen molar-refractivity contribution < 1.29 is 9.90 Å². The molecule has 0 bridgehead atoms. The number of halogens is 1. The Labute approximate surface area is 118 Å². The number of carboxylic acids is 1. The number of anilines is 1. The van der Waals surface area contributed by atoms with E-state index in [1.165, 1.54) is 6.07 Å². The van der Waals surface area contributed by atoms with Gasteiger partial charge in [-0.2, -0.15) is 0 Å². The number of hydrogen-bond donors (Lipinski definition) is 2. The van der Waals surface area contributed by atoms with Crippen LogP contribution in [0, 0.1) is 6.92 Å². The third kappa shape index (κ3) is 3.75. The van der Waals surface area contributed by atoms with E-state index in [0.717, 1.165) is 10.0 Å². The highest BCUT2D eigenvalue weighted by atomic mass is 79.9. The number of hydrogen-bond acceptors (Lipinski definition) is 4. The van der Waals surface area contributed by atoms with E-state index in [4.69, 9.17) is 5.11 Å². The molecule has 5 nitrogen and oxygen atoms in total. The number of nitrogens with one attached hydrogen (secondary N) is 1. The molecule has 1 heterocycles. The fraction of sp³-hybridized carbons (Fsp3) is 0.154. The van der Waals surface area contributed by atoms with Crippen molar-refractivity contribution in [1.82, 2.24) is 9.97 Å². The van der Waals surface area contributed by atoms with Gasteiger partial charge in [-0.3, -0.25) is 0 Å². The molecule has 0 amide bonds. The first-order valence-electron chi connectivity index (χ1n) is 5.62. The summed E-state index contributed by atoms with van der Waals surface area (Å²) >= 11 is 3.37. The maximum atomic E-state index is 10.9. The van der Waals surface area contributed by atoms with Gasteiger partial charge in [0.15, 0.2) is 5.69 Å². The summed E-state index contributed by atoms with van der Waals surface area (Å²) in [6.07, 6.45) is 0. The maximum Gasteiger partial charge on any atom is 0.354 e. The quantitative estimate of drug-likeness (QED) is 0.905. The fourth-order valence-electron chi connectivity index (χ4n) is 1.54. The lowest BCUT2D eigenvalue weighted by Crippen LogP contribution is -2.09. The molecule has 0 saturated heterocycles. The molecule has 2 rings (SSSR count). The normalized spacial score (nSPS) is 10.2. The number of carbonyl (C=O) groups is 1. The van der Waals surface area contributed by atoms with E-state index < -0.39 is 5.97 Å². The van der Waals surface area contributed by atoms with Crippen LogP contribution in [-0.2, 0) is 6.54 Å². The Kier molecular flexibility index (Phi) is 4.11. The standard InChI is InChI=1S/C13H12BrN3O2/c1-8-6-11(12(18)19)17-13(16-8)15-7-9-2-4-10(14)5-3-9/h2-6H,7H2,1H3,(H,18,19)(H,15,16,17). The van der Waals surface area contributed by atoms with E-state index in [9.17, 15) is 4.79 Å². The predicted molar refractivity (Wildman–Crippen MR) is 75.2 cm³/mol. The van der Waals surface area contributed by atoms with Gasteiger partial charge < -0.3 is 10.4 Å². The first-order chi connectivity index (χ1) is 9.04. The molecular weight excluding hydrogens is 310 g/mol. The molecule has 0 aliphatic carbocycles. The molecule has 2 aromatic rings. The Morgan fingerprint density at radius 2 is 2.00 bits per heavy atom. The number of carboxylic acid groups (broad SMARTS) is 1. The van der Waals surface area contributed by atoms with Crippen molar-refractivity contribution in [2.75, 3.05) is 5.32 Å². The Morgan fingerprint density at radius 1 is 1.32 bits per heavy atom.